The molecular weight excluding hydrogens is 408 g/mol. The van der Waals surface area contributed by atoms with Gasteiger partial charge in [0, 0.05) is 5.92 Å². The van der Waals surface area contributed by atoms with Gasteiger partial charge in [-0.3, -0.25) is 9.59 Å². The van der Waals surface area contributed by atoms with Crippen LogP contribution in [0.2, 0.25) is 0 Å². The lowest BCUT2D eigenvalue weighted by atomic mass is 9.68. The lowest BCUT2D eigenvalue weighted by Gasteiger charge is -2.35. The van der Waals surface area contributed by atoms with E-state index in [0.717, 1.165) is 5.56 Å². The number of carbonyl (C=O) groups is 2. The maximum atomic E-state index is 12.5. The Kier molecular flexibility index (Phi) is 5.70. The molecule has 0 radical (unpaired) electrons. The summed E-state index contributed by atoms with van der Waals surface area (Å²) in [7, 11) is 0. The lowest BCUT2D eigenvalue weighted by molar-refractivity contribution is -0.125. The zero-order valence-electron chi connectivity index (χ0n) is 12.1. The SMILES string of the molecule is CCC(c1ccccc1)C(C(=O)Br)(C(=O)Br)c1ccccc1. The molecule has 0 N–H and O–H groups in total. The third kappa shape index (κ3) is 2.95. The van der Waals surface area contributed by atoms with Crippen LogP contribution in [0, 0.1) is 0 Å². The largest absolute Gasteiger partial charge is 0.285 e. The molecule has 1 unspecified atom stereocenters. The van der Waals surface area contributed by atoms with Crippen molar-refractivity contribution >= 4 is 41.2 Å². The summed E-state index contributed by atoms with van der Waals surface area (Å²) < 4.78 is -0.660. The predicted octanol–water partition coefficient (Wildman–Crippen LogP) is 4.96. The first-order chi connectivity index (χ1) is 10.5. The van der Waals surface area contributed by atoms with Gasteiger partial charge in [-0.15, -0.1) is 0 Å². The molecule has 2 rings (SSSR count). The van der Waals surface area contributed by atoms with Crippen LogP contribution in [0.5, 0.6) is 0 Å². The van der Waals surface area contributed by atoms with Gasteiger partial charge in [-0.05, 0) is 49.4 Å². The van der Waals surface area contributed by atoms with Crippen molar-refractivity contribution in [1.82, 2.24) is 0 Å². The summed E-state index contributed by atoms with van der Waals surface area (Å²) >= 11 is 6.17. The maximum absolute atomic E-state index is 12.5. The minimum absolute atomic E-state index is 0.255. The van der Waals surface area contributed by atoms with Crippen LogP contribution in [0.3, 0.4) is 0 Å². The highest BCUT2D eigenvalue weighted by atomic mass is 79.9. The van der Waals surface area contributed by atoms with Crippen LogP contribution >= 0.6 is 31.9 Å². The summed E-state index contributed by atoms with van der Waals surface area (Å²) in [6, 6.07) is 18.9. The van der Waals surface area contributed by atoms with Gasteiger partial charge in [0.1, 0.15) is 5.41 Å². The van der Waals surface area contributed by atoms with Gasteiger partial charge in [-0.2, -0.15) is 0 Å². The van der Waals surface area contributed by atoms with E-state index in [2.05, 4.69) is 31.9 Å². The summed E-state index contributed by atoms with van der Waals surface area (Å²) in [5.74, 6) is -0.255. The fourth-order valence-electron chi connectivity index (χ4n) is 2.96. The van der Waals surface area contributed by atoms with Crippen LogP contribution in [0.15, 0.2) is 60.7 Å². The normalized spacial score (nSPS) is 12.7. The Balaban J connectivity index is 2.72. The Hall–Kier alpha value is -1.26. The minimum atomic E-state index is -1.28. The van der Waals surface area contributed by atoms with Gasteiger partial charge in [0.2, 0.25) is 9.39 Å². The molecule has 0 aliphatic carbocycles. The summed E-state index contributed by atoms with van der Waals surface area (Å²) in [5.41, 5.74) is 0.376. The third-order valence-corrected chi connectivity index (χ3v) is 5.23. The average molecular weight is 424 g/mol. The van der Waals surface area contributed by atoms with E-state index < -0.39 is 5.41 Å². The number of carbonyl (C=O) groups excluding carboxylic acids is 2. The molecule has 0 aliphatic heterocycles. The van der Waals surface area contributed by atoms with Crippen LogP contribution in [0.1, 0.15) is 30.4 Å². The Labute approximate surface area is 147 Å². The van der Waals surface area contributed by atoms with Crippen molar-refractivity contribution in [3.8, 4) is 0 Å². The van der Waals surface area contributed by atoms with Crippen molar-refractivity contribution in [2.45, 2.75) is 24.7 Å². The molecule has 22 heavy (non-hydrogen) atoms. The molecule has 0 aromatic heterocycles. The molecule has 0 saturated carbocycles. The Morgan fingerprint density at radius 2 is 1.36 bits per heavy atom. The lowest BCUT2D eigenvalue weighted by Crippen LogP contribution is -2.44. The second-order valence-corrected chi connectivity index (χ2v) is 6.53. The first kappa shape index (κ1) is 17.1. The van der Waals surface area contributed by atoms with Gasteiger partial charge in [0.05, 0.1) is 0 Å². The molecule has 1 atom stereocenters. The number of rotatable bonds is 6. The highest BCUT2D eigenvalue weighted by Gasteiger charge is 2.51. The van der Waals surface area contributed by atoms with Crippen LogP contribution in [0.25, 0.3) is 0 Å². The zero-order chi connectivity index (χ0) is 16.2. The summed E-state index contributed by atoms with van der Waals surface area (Å²) in [6.07, 6.45) is 0.660. The van der Waals surface area contributed by atoms with Crippen molar-refractivity contribution in [2.24, 2.45) is 0 Å². The van der Waals surface area contributed by atoms with Crippen LogP contribution in [-0.2, 0) is 15.0 Å². The van der Waals surface area contributed by atoms with E-state index in [9.17, 15) is 9.59 Å². The minimum Gasteiger partial charge on any atom is -0.285 e. The first-order valence-electron chi connectivity index (χ1n) is 7.05. The topological polar surface area (TPSA) is 34.1 Å². The monoisotopic (exact) mass is 422 g/mol. The predicted molar refractivity (Wildman–Crippen MR) is 95.5 cm³/mol. The summed E-state index contributed by atoms with van der Waals surface area (Å²) in [5, 5.41) is 0. The molecule has 4 heteroatoms. The van der Waals surface area contributed by atoms with Crippen LogP contribution in [-0.4, -0.2) is 9.39 Å². The first-order valence-corrected chi connectivity index (χ1v) is 8.64. The standard InChI is InChI=1S/C18H16Br2O2/c1-2-15(13-9-5-3-6-10-13)18(16(19)21,17(20)22)14-11-7-4-8-12-14/h3-12,15H,2H2,1H3. The Morgan fingerprint density at radius 1 is 0.909 bits per heavy atom. The highest BCUT2D eigenvalue weighted by molar-refractivity contribution is 9.19. The molecule has 0 saturated heterocycles. The Morgan fingerprint density at radius 3 is 1.77 bits per heavy atom. The molecule has 0 heterocycles. The molecule has 2 nitrogen and oxygen atoms in total. The van der Waals surface area contributed by atoms with Crippen molar-refractivity contribution in [3.05, 3.63) is 71.8 Å². The number of hydrogen-bond donors (Lipinski definition) is 0. The molecule has 0 spiro atoms. The van der Waals surface area contributed by atoms with E-state index in [4.69, 9.17) is 0 Å². The molecule has 0 aliphatic rings. The molecule has 2 aromatic carbocycles. The van der Waals surface area contributed by atoms with Gasteiger partial charge in [0.25, 0.3) is 0 Å². The van der Waals surface area contributed by atoms with Gasteiger partial charge >= 0.3 is 0 Å². The number of hydrogen-bond acceptors (Lipinski definition) is 2. The average Bonchev–Trinajstić information content (AvgIpc) is 2.53. The molecule has 2 aromatic rings. The zero-order valence-corrected chi connectivity index (χ0v) is 15.3. The van der Waals surface area contributed by atoms with Gasteiger partial charge in [-0.25, -0.2) is 0 Å². The fraction of sp³-hybridized carbons (Fsp3) is 0.222. The molecular formula is C18H16Br2O2. The molecule has 0 amide bonds. The maximum Gasteiger partial charge on any atom is 0.217 e. The smallest absolute Gasteiger partial charge is 0.217 e. The third-order valence-electron chi connectivity index (χ3n) is 3.98. The second-order valence-electron chi connectivity index (χ2n) is 5.09. The van der Waals surface area contributed by atoms with Crippen molar-refractivity contribution in [1.29, 1.82) is 0 Å². The van der Waals surface area contributed by atoms with Crippen molar-refractivity contribution < 1.29 is 9.59 Å². The quantitative estimate of drug-likeness (QED) is 0.486. The van der Waals surface area contributed by atoms with Gasteiger partial charge < -0.3 is 0 Å². The molecule has 114 valence electrons. The van der Waals surface area contributed by atoms with E-state index in [1.807, 2.05) is 67.6 Å². The second kappa shape index (κ2) is 7.34. The van der Waals surface area contributed by atoms with E-state index in [1.54, 1.807) is 0 Å². The Bertz CT molecular complexity index is 639. The van der Waals surface area contributed by atoms with Crippen LogP contribution in [0.4, 0.5) is 0 Å². The van der Waals surface area contributed by atoms with Gasteiger partial charge in [-0.1, -0.05) is 67.6 Å². The van der Waals surface area contributed by atoms with E-state index >= 15 is 0 Å². The van der Waals surface area contributed by atoms with E-state index in [1.165, 1.54) is 0 Å². The van der Waals surface area contributed by atoms with Gasteiger partial charge in [0.15, 0.2) is 0 Å². The summed E-state index contributed by atoms with van der Waals surface area (Å²) in [4.78, 5) is 25.1. The number of benzene rings is 2. The highest BCUT2D eigenvalue weighted by Crippen LogP contribution is 2.45. The molecule has 0 fully saturated rings. The van der Waals surface area contributed by atoms with Crippen molar-refractivity contribution in [3.63, 3.8) is 0 Å². The molecule has 0 bridgehead atoms. The fourth-order valence-corrected chi connectivity index (χ4v) is 4.59. The number of halogens is 2. The van der Waals surface area contributed by atoms with E-state index in [-0.39, 0.29) is 15.3 Å². The van der Waals surface area contributed by atoms with E-state index in [0.29, 0.717) is 12.0 Å². The van der Waals surface area contributed by atoms with Crippen molar-refractivity contribution in [2.75, 3.05) is 0 Å². The van der Waals surface area contributed by atoms with Crippen LogP contribution < -0.4 is 0 Å². The summed E-state index contributed by atoms with van der Waals surface area (Å²) in [6.45, 7) is 1.99.